The molecule has 1 N–H and O–H groups in total. The predicted octanol–water partition coefficient (Wildman–Crippen LogP) is -0.382. The van der Waals surface area contributed by atoms with Crippen molar-refractivity contribution in [2.24, 2.45) is 0 Å². The summed E-state index contributed by atoms with van der Waals surface area (Å²) < 4.78 is 0. The van der Waals surface area contributed by atoms with E-state index in [1.165, 1.54) is 10.4 Å². The average Bonchev–Trinajstić information content (AvgIpc) is 2.54. The Morgan fingerprint density at radius 1 is 1.25 bits per heavy atom. The number of amides is 3. The van der Waals surface area contributed by atoms with E-state index in [-0.39, 0.29) is 18.5 Å². The summed E-state index contributed by atoms with van der Waals surface area (Å²) in [6.45, 7) is 4.04. The number of imide groups is 1. The second-order valence-electron chi connectivity index (χ2n) is 4.09. The van der Waals surface area contributed by atoms with Crippen molar-refractivity contribution in [2.75, 3.05) is 11.4 Å². The standard InChI is InChI=1S/C11H13BN2O2/c1-6-3-8(4-7(2)10(6)12)14-9(15)5-13-11(14)16/h3-4H,5,12H2,1-2H3,(H,13,16). The zero-order valence-electron chi connectivity index (χ0n) is 9.63. The van der Waals surface area contributed by atoms with Crippen molar-refractivity contribution in [3.8, 4) is 0 Å². The van der Waals surface area contributed by atoms with Gasteiger partial charge in [-0.2, -0.15) is 0 Å². The van der Waals surface area contributed by atoms with E-state index in [0.29, 0.717) is 5.69 Å². The van der Waals surface area contributed by atoms with Crippen molar-refractivity contribution in [1.82, 2.24) is 5.32 Å². The molecule has 16 heavy (non-hydrogen) atoms. The van der Waals surface area contributed by atoms with Gasteiger partial charge in [0.05, 0.1) is 12.2 Å². The fourth-order valence-electron chi connectivity index (χ4n) is 1.83. The summed E-state index contributed by atoms with van der Waals surface area (Å²) in [7, 11) is 2.03. The lowest BCUT2D eigenvalue weighted by Gasteiger charge is -2.15. The molecule has 0 spiro atoms. The maximum atomic E-state index is 11.5. The molecule has 1 aliphatic rings. The van der Waals surface area contributed by atoms with Crippen molar-refractivity contribution >= 4 is 30.9 Å². The fourth-order valence-corrected chi connectivity index (χ4v) is 1.83. The molecule has 3 amide bonds. The van der Waals surface area contributed by atoms with Crippen LogP contribution in [-0.2, 0) is 4.79 Å². The number of carbonyl (C=O) groups is 2. The van der Waals surface area contributed by atoms with Gasteiger partial charge < -0.3 is 5.32 Å². The third-order valence-electron chi connectivity index (χ3n) is 3.01. The quantitative estimate of drug-likeness (QED) is 0.513. The highest BCUT2D eigenvalue weighted by atomic mass is 16.2. The molecule has 0 saturated carbocycles. The Morgan fingerprint density at radius 3 is 2.25 bits per heavy atom. The Morgan fingerprint density at radius 2 is 1.81 bits per heavy atom. The number of hydrogen-bond donors (Lipinski definition) is 1. The predicted molar refractivity (Wildman–Crippen MR) is 65.0 cm³/mol. The lowest BCUT2D eigenvalue weighted by Crippen LogP contribution is -2.31. The second kappa shape index (κ2) is 3.66. The lowest BCUT2D eigenvalue weighted by atomic mass is 9.86. The maximum Gasteiger partial charge on any atom is 0.329 e. The first-order valence-corrected chi connectivity index (χ1v) is 5.19. The summed E-state index contributed by atoms with van der Waals surface area (Å²) in [5, 5.41) is 2.51. The molecule has 0 bridgehead atoms. The highest BCUT2D eigenvalue weighted by Gasteiger charge is 2.30. The van der Waals surface area contributed by atoms with Crippen LogP contribution in [0.2, 0.25) is 0 Å². The Bertz CT molecular complexity index is 446. The summed E-state index contributed by atoms with van der Waals surface area (Å²) >= 11 is 0. The van der Waals surface area contributed by atoms with Gasteiger partial charge in [0.25, 0.3) is 5.91 Å². The first-order valence-electron chi connectivity index (χ1n) is 5.19. The molecule has 5 heteroatoms. The number of hydrogen-bond acceptors (Lipinski definition) is 2. The smallest absolute Gasteiger partial charge is 0.328 e. The van der Waals surface area contributed by atoms with Gasteiger partial charge in [0.1, 0.15) is 7.85 Å². The Hall–Kier alpha value is -1.78. The molecule has 1 fully saturated rings. The van der Waals surface area contributed by atoms with E-state index >= 15 is 0 Å². The number of nitrogens with one attached hydrogen (secondary N) is 1. The second-order valence-corrected chi connectivity index (χ2v) is 4.09. The van der Waals surface area contributed by atoms with Gasteiger partial charge in [0.15, 0.2) is 0 Å². The zero-order valence-corrected chi connectivity index (χ0v) is 9.63. The summed E-state index contributed by atoms with van der Waals surface area (Å²) in [5.41, 5.74) is 4.02. The van der Waals surface area contributed by atoms with E-state index in [2.05, 4.69) is 5.32 Å². The van der Waals surface area contributed by atoms with Gasteiger partial charge in [-0.05, 0) is 26.0 Å². The highest BCUT2D eigenvalue weighted by molar-refractivity contribution is 6.34. The van der Waals surface area contributed by atoms with Crippen LogP contribution in [0.4, 0.5) is 10.5 Å². The number of aryl methyl sites for hydroxylation is 2. The van der Waals surface area contributed by atoms with Gasteiger partial charge in [-0.1, -0.05) is 16.6 Å². The molecule has 0 aliphatic carbocycles. The van der Waals surface area contributed by atoms with Gasteiger partial charge >= 0.3 is 6.03 Å². The van der Waals surface area contributed by atoms with Crippen LogP contribution in [-0.4, -0.2) is 26.3 Å². The third-order valence-corrected chi connectivity index (χ3v) is 3.01. The molecule has 1 aromatic carbocycles. The van der Waals surface area contributed by atoms with Crippen molar-refractivity contribution in [2.45, 2.75) is 13.8 Å². The monoisotopic (exact) mass is 216 g/mol. The minimum atomic E-state index is -0.340. The number of carbonyl (C=O) groups excluding carboxylic acids is 2. The van der Waals surface area contributed by atoms with E-state index in [1.54, 1.807) is 0 Å². The zero-order chi connectivity index (χ0) is 11.9. The van der Waals surface area contributed by atoms with Crippen molar-refractivity contribution in [1.29, 1.82) is 0 Å². The van der Waals surface area contributed by atoms with Gasteiger partial charge in [-0.3, -0.25) is 4.79 Å². The van der Waals surface area contributed by atoms with E-state index < -0.39 is 0 Å². The molecule has 1 saturated heterocycles. The molecule has 0 atom stereocenters. The lowest BCUT2D eigenvalue weighted by molar-refractivity contribution is -0.115. The minimum Gasteiger partial charge on any atom is -0.328 e. The maximum absolute atomic E-state index is 11.5. The Kier molecular flexibility index (Phi) is 2.46. The average molecular weight is 216 g/mol. The molecule has 1 aromatic rings. The Balaban J connectivity index is 2.48. The molecule has 0 unspecified atom stereocenters. The number of urea groups is 1. The minimum absolute atomic E-state index is 0.0881. The summed E-state index contributed by atoms with van der Waals surface area (Å²) in [6.07, 6.45) is 0. The van der Waals surface area contributed by atoms with E-state index in [9.17, 15) is 9.59 Å². The van der Waals surface area contributed by atoms with Gasteiger partial charge in [-0.15, -0.1) is 0 Å². The van der Waals surface area contributed by atoms with Crippen molar-refractivity contribution in [3.63, 3.8) is 0 Å². The molecule has 0 radical (unpaired) electrons. The first-order chi connectivity index (χ1) is 7.50. The van der Waals surface area contributed by atoms with Crippen LogP contribution in [0.5, 0.6) is 0 Å². The highest BCUT2D eigenvalue weighted by Crippen LogP contribution is 2.19. The van der Waals surface area contributed by atoms with Gasteiger partial charge in [0, 0.05) is 0 Å². The van der Waals surface area contributed by atoms with Crippen LogP contribution in [0, 0.1) is 13.8 Å². The number of rotatable bonds is 1. The SMILES string of the molecule is Bc1c(C)cc(N2C(=O)CNC2=O)cc1C. The molecule has 0 aromatic heterocycles. The van der Waals surface area contributed by atoms with Crippen LogP contribution in [0.25, 0.3) is 0 Å². The normalized spacial score (nSPS) is 15.5. The fraction of sp³-hybridized carbons (Fsp3) is 0.273. The van der Waals surface area contributed by atoms with Crippen LogP contribution in [0.3, 0.4) is 0 Å². The van der Waals surface area contributed by atoms with Crippen LogP contribution >= 0.6 is 0 Å². The Labute approximate surface area is 95.0 Å². The van der Waals surface area contributed by atoms with Gasteiger partial charge in [-0.25, -0.2) is 9.69 Å². The molecular formula is C11H13BN2O2. The number of nitrogens with zero attached hydrogens (tertiary/aromatic N) is 1. The third kappa shape index (κ3) is 1.58. The van der Waals surface area contributed by atoms with Crippen molar-refractivity contribution in [3.05, 3.63) is 23.3 Å². The van der Waals surface area contributed by atoms with Crippen LogP contribution < -0.4 is 15.7 Å². The summed E-state index contributed by atoms with van der Waals surface area (Å²) in [6, 6.07) is 3.39. The molecular weight excluding hydrogens is 203 g/mol. The summed E-state index contributed by atoms with van der Waals surface area (Å²) in [4.78, 5) is 24.2. The van der Waals surface area contributed by atoms with E-state index in [4.69, 9.17) is 0 Å². The topological polar surface area (TPSA) is 49.4 Å². The first kappa shape index (κ1) is 10.7. The number of anilines is 1. The van der Waals surface area contributed by atoms with Crippen LogP contribution in [0.15, 0.2) is 12.1 Å². The molecule has 4 nitrogen and oxygen atoms in total. The molecule has 1 aliphatic heterocycles. The van der Waals surface area contributed by atoms with Crippen LogP contribution in [0.1, 0.15) is 11.1 Å². The largest absolute Gasteiger partial charge is 0.329 e. The number of benzene rings is 1. The molecule has 1 heterocycles. The van der Waals surface area contributed by atoms with E-state index in [0.717, 1.165) is 11.1 Å². The molecule has 82 valence electrons. The van der Waals surface area contributed by atoms with Crippen molar-refractivity contribution < 1.29 is 9.59 Å². The van der Waals surface area contributed by atoms with Gasteiger partial charge in [0.2, 0.25) is 0 Å². The van der Waals surface area contributed by atoms with E-state index in [1.807, 2.05) is 33.8 Å². The summed E-state index contributed by atoms with van der Waals surface area (Å²) in [5.74, 6) is -0.201. The molecule has 2 rings (SSSR count).